The second-order valence-electron chi connectivity index (χ2n) is 7.72. The van der Waals surface area contributed by atoms with Crippen LogP contribution in [0.2, 0.25) is 0 Å². The lowest BCUT2D eigenvalue weighted by molar-refractivity contribution is -0.117. The molecule has 2 heterocycles. The number of carbonyl (C=O) groups is 2. The van der Waals surface area contributed by atoms with Gasteiger partial charge in [0.1, 0.15) is 17.3 Å². The highest BCUT2D eigenvalue weighted by Crippen LogP contribution is 2.33. The summed E-state index contributed by atoms with van der Waals surface area (Å²) in [7, 11) is 0. The van der Waals surface area contributed by atoms with Crippen LogP contribution in [-0.4, -0.2) is 21.9 Å². The van der Waals surface area contributed by atoms with Crippen molar-refractivity contribution in [2.45, 2.75) is 12.8 Å². The smallest absolute Gasteiger partial charge is 0.323 e. The van der Waals surface area contributed by atoms with Crippen molar-refractivity contribution >= 4 is 40.2 Å². The maximum atomic E-state index is 13.0. The van der Waals surface area contributed by atoms with E-state index in [1.54, 1.807) is 12.1 Å². The number of urea groups is 1. The van der Waals surface area contributed by atoms with E-state index in [4.69, 9.17) is 0 Å². The van der Waals surface area contributed by atoms with E-state index >= 15 is 0 Å². The predicted molar refractivity (Wildman–Crippen MR) is 122 cm³/mol. The number of halogens is 1. The number of benzene rings is 2. The number of nitrogens with zero attached hydrogens (tertiary/aromatic N) is 1. The zero-order valence-electron chi connectivity index (χ0n) is 17.0. The number of pyridine rings is 1. The van der Waals surface area contributed by atoms with E-state index in [1.165, 1.54) is 24.3 Å². The van der Waals surface area contributed by atoms with Gasteiger partial charge in [-0.15, -0.1) is 0 Å². The summed E-state index contributed by atoms with van der Waals surface area (Å²) in [6.07, 6.45) is 3.66. The number of aromatic amines is 1. The van der Waals surface area contributed by atoms with Gasteiger partial charge < -0.3 is 20.9 Å². The first-order valence-corrected chi connectivity index (χ1v) is 10.3. The fraction of sp³-hybridized carbons (Fsp3) is 0.125. The number of fused-ring (bicyclic) bond motifs is 1. The zero-order chi connectivity index (χ0) is 22.1. The number of aromatic nitrogens is 2. The van der Waals surface area contributed by atoms with Gasteiger partial charge in [-0.1, -0.05) is 12.1 Å². The quantitative estimate of drug-likeness (QED) is 0.344. The number of anilines is 3. The zero-order valence-corrected chi connectivity index (χ0v) is 17.0. The molecule has 4 aromatic rings. The van der Waals surface area contributed by atoms with Crippen molar-refractivity contribution < 1.29 is 14.0 Å². The third-order valence-corrected chi connectivity index (χ3v) is 5.28. The highest BCUT2D eigenvalue weighted by Gasteiger charge is 2.30. The van der Waals surface area contributed by atoms with Gasteiger partial charge in [0.15, 0.2) is 0 Å². The molecule has 0 spiro atoms. The van der Waals surface area contributed by atoms with Crippen LogP contribution in [-0.2, 0) is 4.79 Å². The van der Waals surface area contributed by atoms with E-state index in [9.17, 15) is 14.0 Å². The summed E-state index contributed by atoms with van der Waals surface area (Å²) in [5.41, 5.74) is 3.63. The Balaban J connectivity index is 1.34. The highest BCUT2D eigenvalue weighted by atomic mass is 19.1. The van der Waals surface area contributed by atoms with Crippen LogP contribution in [0.1, 0.15) is 12.8 Å². The van der Waals surface area contributed by atoms with Gasteiger partial charge in [0.25, 0.3) is 0 Å². The van der Waals surface area contributed by atoms with E-state index in [1.807, 2.05) is 30.5 Å². The van der Waals surface area contributed by atoms with Crippen molar-refractivity contribution in [2.75, 3.05) is 16.0 Å². The van der Waals surface area contributed by atoms with E-state index in [0.717, 1.165) is 29.4 Å². The molecule has 1 aliphatic rings. The van der Waals surface area contributed by atoms with Crippen molar-refractivity contribution in [3.05, 3.63) is 72.7 Å². The Morgan fingerprint density at radius 3 is 2.22 bits per heavy atom. The lowest BCUT2D eigenvalue weighted by atomic mass is 10.0. The third kappa shape index (κ3) is 4.29. The minimum Gasteiger partial charge on any atom is -0.346 e. The van der Waals surface area contributed by atoms with Gasteiger partial charge in [-0.3, -0.25) is 4.79 Å². The lowest BCUT2D eigenvalue weighted by Crippen LogP contribution is -2.19. The van der Waals surface area contributed by atoms with Crippen LogP contribution >= 0.6 is 0 Å². The molecular formula is C24H20FN5O2. The van der Waals surface area contributed by atoms with Gasteiger partial charge >= 0.3 is 6.03 Å². The van der Waals surface area contributed by atoms with Gasteiger partial charge in [0.05, 0.1) is 0 Å². The molecule has 4 N–H and O–H groups in total. The van der Waals surface area contributed by atoms with Crippen LogP contribution in [0, 0.1) is 11.7 Å². The summed E-state index contributed by atoms with van der Waals surface area (Å²) in [5, 5.41) is 9.24. The molecule has 2 aromatic carbocycles. The van der Waals surface area contributed by atoms with Crippen LogP contribution in [0.3, 0.4) is 0 Å². The predicted octanol–water partition coefficient (Wildman–Crippen LogP) is 5.36. The normalized spacial score (nSPS) is 13.0. The molecule has 160 valence electrons. The van der Waals surface area contributed by atoms with Crippen molar-refractivity contribution in [1.29, 1.82) is 0 Å². The minimum atomic E-state index is -0.425. The van der Waals surface area contributed by atoms with Gasteiger partial charge in [-0.05, 0) is 72.5 Å². The molecule has 32 heavy (non-hydrogen) atoms. The first-order chi connectivity index (χ1) is 15.5. The molecule has 0 atom stereocenters. The molecule has 0 aliphatic heterocycles. The molecule has 5 rings (SSSR count). The van der Waals surface area contributed by atoms with Crippen LogP contribution in [0.15, 0.2) is 66.9 Å². The summed E-state index contributed by atoms with van der Waals surface area (Å²) >= 11 is 0. The molecule has 1 saturated carbocycles. The Morgan fingerprint density at radius 1 is 0.906 bits per heavy atom. The van der Waals surface area contributed by atoms with E-state index < -0.39 is 6.03 Å². The van der Waals surface area contributed by atoms with Crippen LogP contribution in [0.25, 0.3) is 22.2 Å². The Labute approximate surface area is 183 Å². The average Bonchev–Trinajstić information content (AvgIpc) is 3.53. The molecule has 0 unspecified atom stereocenters. The topological polar surface area (TPSA) is 98.9 Å². The fourth-order valence-corrected chi connectivity index (χ4v) is 3.47. The molecular weight excluding hydrogens is 409 g/mol. The number of hydrogen-bond acceptors (Lipinski definition) is 3. The van der Waals surface area contributed by atoms with Crippen molar-refractivity contribution in [1.82, 2.24) is 9.97 Å². The fourth-order valence-electron chi connectivity index (χ4n) is 3.47. The highest BCUT2D eigenvalue weighted by molar-refractivity contribution is 6.01. The first kappa shape index (κ1) is 19.7. The van der Waals surface area contributed by atoms with Gasteiger partial charge in [-0.2, -0.15) is 0 Å². The third-order valence-electron chi connectivity index (χ3n) is 5.28. The Kier molecular flexibility index (Phi) is 5.03. The van der Waals surface area contributed by atoms with Gasteiger partial charge in [0, 0.05) is 28.9 Å². The van der Waals surface area contributed by atoms with E-state index in [0.29, 0.717) is 22.8 Å². The molecule has 8 heteroatoms. The Hall–Kier alpha value is -4.20. The Bertz CT molecular complexity index is 1290. The molecule has 0 radical (unpaired) electrons. The van der Waals surface area contributed by atoms with Gasteiger partial charge in [-0.25, -0.2) is 14.2 Å². The van der Waals surface area contributed by atoms with Crippen LogP contribution in [0.4, 0.5) is 26.4 Å². The number of H-pyrrole nitrogens is 1. The molecule has 0 bridgehead atoms. The molecule has 0 saturated heterocycles. The van der Waals surface area contributed by atoms with Crippen LogP contribution in [0.5, 0.6) is 0 Å². The summed E-state index contributed by atoms with van der Waals surface area (Å²) in [6.45, 7) is 0. The molecule has 1 aliphatic carbocycles. The minimum absolute atomic E-state index is 0.000992. The number of nitrogens with one attached hydrogen (secondary N) is 4. The molecule has 7 nitrogen and oxygen atoms in total. The number of amides is 3. The van der Waals surface area contributed by atoms with Crippen molar-refractivity contribution in [3.8, 4) is 11.1 Å². The summed E-state index contributed by atoms with van der Waals surface area (Å²) < 4.78 is 13.0. The number of rotatable bonds is 5. The van der Waals surface area contributed by atoms with E-state index in [2.05, 4.69) is 25.9 Å². The summed E-state index contributed by atoms with van der Waals surface area (Å²) in [6, 6.07) is 16.3. The lowest BCUT2D eigenvalue weighted by Gasteiger charge is -2.11. The summed E-state index contributed by atoms with van der Waals surface area (Å²) in [5.74, 6) is 0.231. The second kappa shape index (κ2) is 8.14. The summed E-state index contributed by atoms with van der Waals surface area (Å²) in [4.78, 5) is 32.0. The first-order valence-electron chi connectivity index (χ1n) is 10.3. The standard InChI is InChI=1S/C24H20FN5O2/c25-16-5-9-18(10-6-16)28-24(32)27-17-7-3-14(4-8-17)20-13-21(30-23(31)15-1-2-15)29-22-19(20)11-12-26-22/h3-13,15H,1-2H2,(H2,27,28,32)(H2,26,29,30,31). The second-order valence-corrected chi connectivity index (χ2v) is 7.72. The number of hydrogen-bond donors (Lipinski definition) is 4. The molecule has 3 amide bonds. The maximum absolute atomic E-state index is 13.0. The monoisotopic (exact) mass is 429 g/mol. The van der Waals surface area contributed by atoms with Gasteiger partial charge in [0.2, 0.25) is 5.91 Å². The SMILES string of the molecule is O=C(Nc1ccc(F)cc1)Nc1ccc(-c2cc(NC(=O)C3CC3)nc3[nH]ccc23)cc1. The number of carbonyl (C=O) groups excluding carboxylic acids is 2. The average molecular weight is 429 g/mol. The van der Waals surface area contributed by atoms with Crippen LogP contribution < -0.4 is 16.0 Å². The maximum Gasteiger partial charge on any atom is 0.323 e. The van der Waals surface area contributed by atoms with Crippen molar-refractivity contribution in [3.63, 3.8) is 0 Å². The largest absolute Gasteiger partial charge is 0.346 e. The van der Waals surface area contributed by atoms with E-state index in [-0.39, 0.29) is 17.6 Å². The van der Waals surface area contributed by atoms with Crippen molar-refractivity contribution in [2.24, 2.45) is 5.92 Å². The Morgan fingerprint density at radius 2 is 1.56 bits per heavy atom. The molecule has 2 aromatic heterocycles. The molecule has 1 fully saturated rings.